The first-order chi connectivity index (χ1) is 8.24. The first-order valence-corrected chi connectivity index (χ1v) is 5.41. The molecule has 1 heterocycles. The smallest absolute Gasteiger partial charge is 0.144 e. The second kappa shape index (κ2) is 4.67. The van der Waals surface area contributed by atoms with Crippen LogP contribution in [0.3, 0.4) is 0 Å². The van der Waals surface area contributed by atoms with E-state index in [1.165, 1.54) is 0 Å². The van der Waals surface area contributed by atoms with Gasteiger partial charge in [-0.15, -0.1) is 6.58 Å². The normalized spacial score (nSPS) is 9.88. The van der Waals surface area contributed by atoms with Crippen molar-refractivity contribution in [1.82, 2.24) is 4.98 Å². The molecule has 0 saturated carbocycles. The van der Waals surface area contributed by atoms with Crippen molar-refractivity contribution in [1.29, 1.82) is 5.26 Å². The van der Waals surface area contributed by atoms with Crippen molar-refractivity contribution in [3.63, 3.8) is 0 Å². The van der Waals surface area contributed by atoms with Gasteiger partial charge in [0.1, 0.15) is 11.9 Å². The zero-order chi connectivity index (χ0) is 12.3. The Hall–Kier alpha value is -2.34. The van der Waals surface area contributed by atoms with Crippen LogP contribution in [0.1, 0.15) is 11.1 Å². The zero-order valence-corrected chi connectivity index (χ0v) is 9.70. The van der Waals surface area contributed by atoms with Gasteiger partial charge in [-0.05, 0) is 25.1 Å². The summed E-state index contributed by atoms with van der Waals surface area (Å²) in [5.41, 5.74) is 2.61. The molecule has 3 heteroatoms. The molecule has 2 rings (SSSR count). The lowest BCUT2D eigenvalue weighted by Crippen LogP contribution is -2.03. The summed E-state index contributed by atoms with van der Waals surface area (Å²) in [6.45, 7) is 6.25. The minimum atomic E-state index is 0.560. The number of aryl methyl sites for hydroxylation is 1. The van der Waals surface area contributed by atoms with Crippen molar-refractivity contribution in [3.8, 4) is 6.07 Å². The van der Waals surface area contributed by atoms with Gasteiger partial charge < -0.3 is 5.32 Å². The van der Waals surface area contributed by atoms with E-state index >= 15 is 0 Å². The van der Waals surface area contributed by atoms with E-state index in [1.807, 2.05) is 31.2 Å². The highest BCUT2D eigenvalue weighted by Gasteiger charge is 2.05. The number of aromatic nitrogens is 1. The van der Waals surface area contributed by atoms with E-state index in [2.05, 4.69) is 22.9 Å². The van der Waals surface area contributed by atoms with Gasteiger partial charge in [0.2, 0.25) is 0 Å². The van der Waals surface area contributed by atoms with Crippen LogP contribution in [0, 0.1) is 18.3 Å². The topological polar surface area (TPSA) is 48.7 Å². The van der Waals surface area contributed by atoms with Crippen molar-refractivity contribution in [2.45, 2.75) is 6.92 Å². The highest BCUT2D eigenvalue weighted by molar-refractivity contribution is 5.83. The summed E-state index contributed by atoms with van der Waals surface area (Å²) in [5, 5.41) is 13.2. The lowest BCUT2D eigenvalue weighted by atomic mass is 10.1. The number of hydrogen-bond donors (Lipinski definition) is 1. The fraction of sp³-hybridized carbons (Fsp3) is 0.143. The average molecular weight is 223 g/mol. The van der Waals surface area contributed by atoms with E-state index < -0.39 is 0 Å². The molecule has 1 N–H and O–H groups in total. The van der Waals surface area contributed by atoms with E-state index in [0.717, 1.165) is 16.5 Å². The minimum Gasteiger partial charge on any atom is -0.365 e. The van der Waals surface area contributed by atoms with Crippen LogP contribution in [-0.4, -0.2) is 11.5 Å². The second-order valence-corrected chi connectivity index (χ2v) is 3.86. The summed E-state index contributed by atoms with van der Waals surface area (Å²) in [7, 11) is 0. The van der Waals surface area contributed by atoms with Gasteiger partial charge in [-0.1, -0.05) is 17.7 Å². The van der Waals surface area contributed by atoms with Crippen LogP contribution < -0.4 is 5.32 Å². The Morgan fingerprint density at radius 2 is 2.29 bits per heavy atom. The number of nitrogens with zero attached hydrogens (tertiary/aromatic N) is 2. The molecule has 1 aromatic heterocycles. The lowest BCUT2D eigenvalue weighted by Gasteiger charge is -2.07. The van der Waals surface area contributed by atoms with Gasteiger partial charge in [-0.3, -0.25) is 0 Å². The van der Waals surface area contributed by atoms with Crippen molar-refractivity contribution < 1.29 is 0 Å². The first kappa shape index (κ1) is 11.2. The van der Waals surface area contributed by atoms with Crippen molar-refractivity contribution in [2.24, 2.45) is 0 Å². The third-order valence-corrected chi connectivity index (χ3v) is 2.50. The van der Waals surface area contributed by atoms with Gasteiger partial charge >= 0.3 is 0 Å². The fourth-order valence-corrected chi connectivity index (χ4v) is 1.68. The SMILES string of the molecule is C=CCNc1nc2ccc(C)cc2cc1C#N. The van der Waals surface area contributed by atoms with E-state index in [4.69, 9.17) is 5.26 Å². The number of nitrogens with one attached hydrogen (secondary N) is 1. The number of nitriles is 1. The molecule has 0 bridgehead atoms. The Morgan fingerprint density at radius 3 is 3.00 bits per heavy atom. The van der Waals surface area contributed by atoms with Crippen LogP contribution in [0.2, 0.25) is 0 Å². The summed E-state index contributed by atoms with van der Waals surface area (Å²) in [6.07, 6.45) is 1.74. The molecule has 0 fully saturated rings. The molecule has 0 aliphatic rings. The summed E-state index contributed by atoms with van der Waals surface area (Å²) < 4.78 is 0. The molecule has 2 aromatic rings. The predicted molar refractivity (Wildman–Crippen MR) is 69.9 cm³/mol. The minimum absolute atomic E-state index is 0.560. The van der Waals surface area contributed by atoms with Crippen LogP contribution in [-0.2, 0) is 0 Å². The number of hydrogen-bond acceptors (Lipinski definition) is 3. The van der Waals surface area contributed by atoms with Crippen molar-refractivity contribution >= 4 is 16.7 Å². The molecule has 0 unspecified atom stereocenters. The van der Waals surface area contributed by atoms with Gasteiger partial charge in [0.15, 0.2) is 0 Å². The van der Waals surface area contributed by atoms with Crippen LogP contribution in [0.15, 0.2) is 36.9 Å². The third-order valence-electron chi connectivity index (χ3n) is 2.50. The maximum Gasteiger partial charge on any atom is 0.144 e. The van der Waals surface area contributed by atoms with Gasteiger partial charge in [-0.2, -0.15) is 5.26 Å². The van der Waals surface area contributed by atoms with Crippen LogP contribution in [0.25, 0.3) is 10.9 Å². The largest absolute Gasteiger partial charge is 0.365 e. The number of fused-ring (bicyclic) bond motifs is 1. The molecule has 17 heavy (non-hydrogen) atoms. The van der Waals surface area contributed by atoms with E-state index in [0.29, 0.717) is 17.9 Å². The van der Waals surface area contributed by atoms with E-state index in [9.17, 15) is 0 Å². The Balaban J connectivity index is 2.57. The Bertz CT molecular complexity index is 609. The van der Waals surface area contributed by atoms with Gasteiger partial charge in [-0.25, -0.2) is 4.98 Å². The quantitative estimate of drug-likeness (QED) is 0.814. The summed E-state index contributed by atoms with van der Waals surface area (Å²) in [4.78, 5) is 4.44. The molecule has 1 aromatic carbocycles. The standard InChI is InChI=1S/C14H13N3/c1-3-6-16-14-12(9-15)8-11-7-10(2)4-5-13(11)17-14/h3-5,7-8H,1,6H2,2H3,(H,16,17). The summed E-state index contributed by atoms with van der Waals surface area (Å²) in [6, 6.07) is 10.0. The highest BCUT2D eigenvalue weighted by atomic mass is 15.0. The molecule has 0 aliphatic carbocycles. The van der Waals surface area contributed by atoms with Gasteiger partial charge in [0, 0.05) is 11.9 Å². The van der Waals surface area contributed by atoms with Crippen molar-refractivity contribution in [3.05, 3.63) is 48.0 Å². The molecular formula is C14H13N3. The maximum atomic E-state index is 9.09. The third kappa shape index (κ3) is 2.26. The first-order valence-electron chi connectivity index (χ1n) is 5.41. The maximum absolute atomic E-state index is 9.09. The van der Waals surface area contributed by atoms with Crippen molar-refractivity contribution in [2.75, 3.05) is 11.9 Å². The van der Waals surface area contributed by atoms with Gasteiger partial charge in [0.25, 0.3) is 0 Å². The molecule has 0 aliphatic heterocycles. The number of pyridine rings is 1. The Kier molecular flexibility index (Phi) is 3.06. The predicted octanol–water partition coefficient (Wildman–Crippen LogP) is 3.01. The van der Waals surface area contributed by atoms with E-state index in [1.54, 1.807) is 6.08 Å². The number of benzene rings is 1. The summed E-state index contributed by atoms with van der Waals surface area (Å²) >= 11 is 0. The monoisotopic (exact) mass is 223 g/mol. The lowest BCUT2D eigenvalue weighted by molar-refractivity contribution is 1.25. The number of rotatable bonds is 3. The number of anilines is 1. The second-order valence-electron chi connectivity index (χ2n) is 3.86. The summed E-state index contributed by atoms with van der Waals surface area (Å²) in [5.74, 6) is 0.615. The molecule has 0 amide bonds. The van der Waals surface area contributed by atoms with E-state index in [-0.39, 0.29) is 0 Å². The Morgan fingerprint density at radius 1 is 1.47 bits per heavy atom. The van der Waals surface area contributed by atoms with Crippen LogP contribution in [0.5, 0.6) is 0 Å². The van der Waals surface area contributed by atoms with Crippen LogP contribution >= 0.6 is 0 Å². The molecule has 0 saturated heterocycles. The highest BCUT2D eigenvalue weighted by Crippen LogP contribution is 2.20. The average Bonchev–Trinajstić information content (AvgIpc) is 2.35. The molecule has 0 atom stereocenters. The molecule has 0 radical (unpaired) electrons. The fourth-order valence-electron chi connectivity index (χ4n) is 1.68. The molecule has 84 valence electrons. The zero-order valence-electron chi connectivity index (χ0n) is 9.70. The molecule has 3 nitrogen and oxygen atoms in total. The van der Waals surface area contributed by atoms with Gasteiger partial charge in [0.05, 0.1) is 11.1 Å². The molecule has 0 spiro atoms. The Labute approximate surface area is 100 Å². The van der Waals surface area contributed by atoms with Crippen LogP contribution in [0.4, 0.5) is 5.82 Å². The molecular weight excluding hydrogens is 210 g/mol.